The number of H-pyrrole nitrogens is 1. The third-order valence-electron chi connectivity index (χ3n) is 3.58. The summed E-state index contributed by atoms with van der Waals surface area (Å²) in [4.78, 5) is 3.30. The molecule has 0 fully saturated rings. The van der Waals surface area contributed by atoms with Crippen molar-refractivity contribution in [3.05, 3.63) is 59.8 Å². The Kier molecular flexibility index (Phi) is 3.33. The number of nitrogens with one attached hydrogen (secondary N) is 2. The number of para-hydroxylation sites is 1. The maximum atomic E-state index is 5.23. The maximum Gasteiger partial charge on any atom is 0.119 e. The Labute approximate surface area is 118 Å². The fourth-order valence-electron chi connectivity index (χ4n) is 2.45. The Hall–Kier alpha value is -2.42. The molecule has 3 aromatic rings. The Morgan fingerprint density at radius 3 is 2.85 bits per heavy atom. The average Bonchev–Trinajstić information content (AvgIpc) is 2.95. The molecule has 2 aromatic carbocycles. The second-order valence-electron chi connectivity index (χ2n) is 4.89. The molecule has 2 N–H and O–H groups in total. The van der Waals surface area contributed by atoms with Gasteiger partial charge in [-0.2, -0.15) is 0 Å². The molecule has 3 heteroatoms. The van der Waals surface area contributed by atoms with Gasteiger partial charge in [-0.05, 0) is 47.7 Å². The van der Waals surface area contributed by atoms with Crippen LogP contribution in [-0.4, -0.2) is 12.1 Å². The third-order valence-corrected chi connectivity index (χ3v) is 3.58. The van der Waals surface area contributed by atoms with Gasteiger partial charge < -0.3 is 15.0 Å². The van der Waals surface area contributed by atoms with E-state index >= 15 is 0 Å². The van der Waals surface area contributed by atoms with Gasteiger partial charge in [-0.15, -0.1) is 0 Å². The number of benzene rings is 2. The highest BCUT2D eigenvalue weighted by atomic mass is 16.5. The second-order valence-corrected chi connectivity index (χ2v) is 4.89. The molecule has 0 spiro atoms. The molecule has 3 rings (SSSR count). The molecule has 0 atom stereocenters. The smallest absolute Gasteiger partial charge is 0.119 e. The van der Waals surface area contributed by atoms with Gasteiger partial charge in [-0.1, -0.05) is 18.2 Å². The van der Waals surface area contributed by atoms with Crippen molar-refractivity contribution in [1.29, 1.82) is 0 Å². The van der Waals surface area contributed by atoms with Crippen molar-refractivity contribution in [2.75, 3.05) is 12.4 Å². The zero-order valence-electron chi connectivity index (χ0n) is 11.7. The number of anilines is 1. The van der Waals surface area contributed by atoms with Gasteiger partial charge in [-0.25, -0.2) is 0 Å². The van der Waals surface area contributed by atoms with Crippen LogP contribution in [0.4, 0.5) is 5.69 Å². The summed E-state index contributed by atoms with van der Waals surface area (Å²) >= 11 is 0. The number of hydrogen-bond donors (Lipinski definition) is 2. The van der Waals surface area contributed by atoms with E-state index in [1.807, 2.05) is 18.3 Å². The van der Waals surface area contributed by atoms with E-state index in [4.69, 9.17) is 4.74 Å². The third kappa shape index (κ3) is 2.35. The van der Waals surface area contributed by atoms with E-state index in [-0.39, 0.29) is 0 Å². The summed E-state index contributed by atoms with van der Waals surface area (Å²) in [7, 11) is 1.69. The van der Waals surface area contributed by atoms with Gasteiger partial charge >= 0.3 is 0 Å². The molecule has 0 unspecified atom stereocenters. The van der Waals surface area contributed by atoms with Crippen molar-refractivity contribution < 1.29 is 4.74 Å². The van der Waals surface area contributed by atoms with Crippen LogP contribution in [0.15, 0.2) is 48.7 Å². The number of aryl methyl sites for hydroxylation is 1. The lowest BCUT2D eigenvalue weighted by Crippen LogP contribution is -2.01. The van der Waals surface area contributed by atoms with Crippen molar-refractivity contribution >= 4 is 16.6 Å². The van der Waals surface area contributed by atoms with Crippen molar-refractivity contribution in [3.63, 3.8) is 0 Å². The van der Waals surface area contributed by atoms with E-state index in [1.165, 1.54) is 22.0 Å². The number of ether oxygens (including phenoxy) is 1. The van der Waals surface area contributed by atoms with E-state index < -0.39 is 0 Å². The fraction of sp³-hybridized carbons (Fsp3) is 0.176. The van der Waals surface area contributed by atoms with Crippen LogP contribution in [0.5, 0.6) is 5.75 Å². The summed E-state index contributed by atoms with van der Waals surface area (Å²) in [5.74, 6) is 0.888. The summed E-state index contributed by atoms with van der Waals surface area (Å²) in [5.41, 5.74) is 4.78. The van der Waals surface area contributed by atoms with Crippen molar-refractivity contribution in [1.82, 2.24) is 4.98 Å². The van der Waals surface area contributed by atoms with Gasteiger partial charge in [-0.3, -0.25) is 0 Å². The normalized spacial score (nSPS) is 10.7. The summed E-state index contributed by atoms with van der Waals surface area (Å²) in [6.45, 7) is 2.88. The minimum atomic E-state index is 0.797. The molecule has 1 aromatic heterocycles. The van der Waals surface area contributed by atoms with Crippen molar-refractivity contribution in [3.8, 4) is 5.75 Å². The van der Waals surface area contributed by atoms with Crippen LogP contribution >= 0.6 is 0 Å². The maximum absolute atomic E-state index is 5.23. The lowest BCUT2D eigenvalue weighted by molar-refractivity contribution is 0.414. The molecule has 102 valence electrons. The molecule has 0 saturated heterocycles. The van der Waals surface area contributed by atoms with Crippen molar-refractivity contribution in [2.45, 2.75) is 13.5 Å². The Morgan fingerprint density at radius 1 is 1.15 bits per heavy atom. The minimum Gasteiger partial charge on any atom is -0.497 e. The Morgan fingerprint density at radius 2 is 2.05 bits per heavy atom. The van der Waals surface area contributed by atoms with Gasteiger partial charge in [0.1, 0.15) is 5.75 Å². The molecule has 20 heavy (non-hydrogen) atoms. The number of rotatable bonds is 4. The zero-order valence-corrected chi connectivity index (χ0v) is 11.7. The van der Waals surface area contributed by atoms with Crippen LogP contribution < -0.4 is 10.1 Å². The first kappa shape index (κ1) is 12.6. The summed E-state index contributed by atoms with van der Waals surface area (Å²) in [6.07, 6.45) is 1.98. The van der Waals surface area contributed by atoms with Gasteiger partial charge in [0.05, 0.1) is 12.6 Å². The van der Waals surface area contributed by atoms with Crippen LogP contribution in [-0.2, 0) is 6.54 Å². The van der Waals surface area contributed by atoms with Crippen LogP contribution in [0.2, 0.25) is 0 Å². The number of hydrogen-bond acceptors (Lipinski definition) is 2. The largest absolute Gasteiger partial charge is 0.497 e. The standard InChI is InChI=1S/C17H18N2O/c1-12-10-15(20-2)6-7-16(12)19-11-14-5-3-4-13-8-9-18-17(13)14/h3-10,18-19H,11H2,1-2H3. The topological polar surface area (TPSA) is 37.0 Å². The first-order chi connectivity index (χ1) is 9.78. The second kappa shape index (κ2) is 5.29. The molecule has 0 aliphatic rings. The first-order valence-corrected chi connectivity index (χ1v) is 6.71. The van der Waals surface area contributed by atoms with Gasteiger partial charge in [0.2, 0.25) is 0 Å². The lowest BCUT2D eigenvalue weighted by Gasteiger charge is -2.11. The zero-order chi connectivity index (χ0) is 13.9. The minimum absolute atomic E-state index is 0.797. The number of aromatic amines is 1. The van der Waals surface area contributed by atoms with Crippen LogP contribution in [0.25, 0.3) is 10.9 Å². The summed E-state index contributed by atoms with van der Waals surface area (Å²) < 4.78 is 5.23. The number of methoxy groups -OCH3 is 1. The summed E-state index contributed by atoms with van der Waals surface area (Å²) in [5, 5.41) is 4.73. The highest BCUT2D eigenvalue weighted by Gasteiger charge is 2.03. The number of aromatic nitrogens is 1. The molecule has 3 nitrogen and oxygen atoms in total. The average molecular weight is 266 g/mol. The highest BCUT2D eigenvalue weighted by molar-refractivity contribution is 5.82. The van der Waals surface area contributed by atoms with Crippen molar-refractivity contribution in [2.24, 2.45) is 0 Å². The predicted octanol–water partition coefficient (Wildman–Crippen LogP) is 4.10. The Balaban J connectivity index is 1.81. The SMILES string of the molecule is COc1ccc(NCc2cccc3cc[nH]c23)c(C)c1. The lowest BCUT2D eigenvalue weighted by atomic mass is 10.1. The van der Waals surface area contributed by atoms with E-state index in [9.17, 15) is 0 Å². The molecular weight excluding hydrogens is 248 g/mol. The molecule has 1 heterocycles. The van der Waals surface area contributed by atoms with E-state index in [0.717, 1.165) is 18.0 Å². The predicted molar refractivity (Wildman–Crippen MR) is 83.4 cm³/mol. The van der Waals surface area contributed by atoms with E-state index in [1.54, 1.807) is 7.11 Å². The van der Waals surface area contributed by atoms with Gasteiger partial charge in [0.15, 0.2) is 0 Å². The molecular formula is C17H18N2O. The fourth-order valence-corrected chi connectivity index (χ4v) is 2.45. The van der Waals surface area contributed by atoms with Crippen LogP contribution in [0.3, 0.4) is 0 Å². The monoisotopic (exact) mass is 266 g/mol. The quantitative estimate of drug-likeness (QED) is 0.746. The van der Waals surface area contributed by atoms with E-state index in [0.29, 0.717) is 0 Å². The van der Waals surface area contributed by atoms with Gasteiger partial charge in [0, 0.05) is 18.4 Å². The molecule has 0 bridgehead atoms. The molecule has 0 saturated carbocycles. The molecule has 0 aliphatic carbocycles. The molecule has 0 amide bonds. The van der Waals surface area contributed by atoms with Crippen LogP contribution in [0.1, 0.15) is 11.1 Å². The van der Waals surface area contributed by atoms with E-state index in [2.05, 4.69) is 47.6 Å². The number of fused-ring (bicyclic) bond motifs is 1. The van der Waals surface area contributed by atoms with Crippen LogP contribution in [0, 0.1) is 6.92 Å². The highest BCUT2D eigenvalue weighted by Crippen LogP contribution is 2.23. The summed E-state index contributed by atoms with van der Waals surface area (Å²) in [6, 6.07) is 14.5. The Bertz CT molecular complexity index is 731. The molecule has 0 aliphatic heterocycles. The molecule has 0 radical (unpaired) electrons. The van der Waals surface area contributed by atoms with Gasteiger partial charge in [0.25, 0.3) is 0 Å². The first-order valence-electron chi connectivity index (χ1n) is 6.71.